The fourth-order valence-electron chi connectivity index (χ4n) is 7.40. The molecule has 5 rings (SSSR count). The maximum Gasteiger partial charge on any atom is 0.308 e. The molecule has 0 saturated heterocycles. The van der Waals surface area contributed by atoms with E-state index in [9.17, 15) is 24.6 Å². The van der Waals surface area contributed by atoms with E-state index in [4.69, 9.17) is 9.47 Å². The molecular weight excluding hydrogens is 424 g/mol. The minimum Gasteiger partial charge on any atom is -0.461 e. The van der Waals surface area contributed by atoms with Crippen LogP contribution >= 0.6 is 0 Å². The average Bonchev–Trinajstić information content (AvgIpc) is 2.87. The van der Waals surface area contributed by atoms with Gasteiger partial charge in [0.2, 0.25) is 0 Å². The van der Waals surface area contributed by atoms with Gasteiger partial charge in [-0.25, -0.2) is 0 Å². The smallest absolute Gasteiger partial charge is 0.308 e. The van der Waals surface area contributed by atoms with Gasteiger partial charge in [0.25, 0.3) is 0 Å². The van der Waals surface area contributed by atoms with Gasteiger partial charge in [-0.15, -0.1) is 0 Å². The van der Waals surface area contributed by atoms with Crippen molar-refractivity contribution >= 4 is 17.7 Å². The van der Waals surface area contributed by atoms with Gasteiger partial charge >= 0.3 is 11.9 Å². The maximum absolute atomic E-state index is 13.1. The second-order valence-electron chi connectivity index (χ2n) is 11.5. The number of carbonyl (C=O) groups excluding carboxylic acids is 3. The number of Topliss-reactive ketones (excluding diaryl/α,β-unsaturated/α-hetero) is 1. The molecule has 33 heavy (non-hydrogen) atoms. The molecule has 0 aromatic carbocycles. The number of ketones is 1. The molecule has 2 bridgehead atoms. The first-order valence-corrected chi connectivity index (χ1v) is 11.9. The Labute approximate surface area is 195 Å². The number of fused-ring (bicyclic) bond motifs is 1. The highest BCUT2D eigenvalue weighted by Gasteiger charge is 2.76. The van der Waals surface area contributed by atoms with Gasteiger partial charge in [0.15, 0.2) is 5.78 Å². The molecule has 0 aliphatic heterocycles. The van der Waals surface area contributed by atoms with Gasteiger partial charge in [0.1, 0.15) is 18.3 Å². The molecule has 0 spiro atoms. The van der Waals surface area contributed by atoms with Gasteiger partial charge in [0, 0.05) is 37.0 Å². The number of rotatable bonds is 4. The number of esters is 2. The van der Waals surface area contributed by atoms with Crippen LogP contribution in [0.3, 0.4) is 0 Å². The van der Waals surface area contributed by atoms with Crippen molar-refractivity contribution in [2.75, 3.05) is 6.61 Å². The Morgan fingerprint density at radius 1 is 1.18 bits per heavy atom. The van der Waals surface area contributed by atoms with E-state index in [0.717, 1.165) is 0 Å². The number of hydrogen-bond acceptors (Lipinski definition) is 7. The third-order valence-corrected chi connectivity index (χ3v) is 8.89. The van der Waals surface area contributed by atoms with Gasteiger partial charge in [-0.1, -0.05) is 46.8 Å². The van der Waals surface area contributed by atoms with Crippen LogP contribution in [-0.2, 0) is 23.9 Å². The van der Waals surface area contributed by atoms with Crippen molar-refractivity contribution in [2.24, 2.45) is 40.9 Å². The van der Waals surface area contributed by atoms with E-state index < -0.39 is 34.8 Å². The van der Waals surface area contributed by atoms with Crippen molar-refractivity contribution in [2.45, 2.75) is 72.2 Å². The first kappa shape index (κ1) is 24.1. The Morgan fingerprint density at radius 2 is 1.82 bits per heavy atom. The summed E-state index contributed by atoms with van der Waals surface area (Å²) in [4.78, 5) is 37.1. The molecule has 3 fully saturated rings. The molecule has 5 aliphatic carbocycles. The second kappa shape index (κ2) is 7.51. The van der Waals surface area contributed by atoms with Gasteiger partial charge in [-0.2, -0.15) is 0 Å². The second-order valence-corrected chi connectivity index (χ2v) is 11.5. The predicted octanol–water partition coefficient (Wildman–Crippen LogP) is 2.59. The lowest BCUT2D eigenvalue weighted by Crippen LogP contribution is -2.77. The minimum absolute atomic E-state index is 0.0165. The highest BCUT2D eigenvalue weighted by molar-refractivity contribution is 6.04. The molecule has 0 radical (unpaired) electrons. The fourth-order valence-corrected chi connectivity index (χ4v) is 7.40. The Morgan fingerprint density at radius 3 is 2.39 bits per heavy atom. The average molecular weight is 461 g/mol. The molecule has 7 nitrogen and oxygen atoms in total. The quantitative estimate of drug-likeness (QED) is 0.490. The Bertz CT molecular complexity index is 960. The summed E-state index contributed by atoms with van der Waals surface area (Å²) in [7, 11) is 0. The summed E-state index contributed by atoms with van der Waals surface area (Å²) in [5.74, 6) is -3.37. The van der Waals surface area contributed by atoms with Crippen molar-refractivity contribution in [3.8, 4) is 0 Å². The largest absolute Gasteiger partial charge is 0.461 e. The van der Waals surface area contributed by atoms with Crippen LogP contribution in [-0.4, -0.2) is 51.8 Å². The molecule has 182 valence electrons. The lowest BCUT2D eigenvalue weighted by atomic mass is 9.35. The van der Waals surface area contributed by atoms with E-state index in [-0.39, 0.29) is 54.2 Å². The summed E-state index contributed by atoms with van der Waals surface area (Å²) < 4.78 is 11.2. The minimum atomic E-state index is -1.80. The molecular formula is C26H36O7. The SMILES string of the molecule is CC(=O)OCC1=CC2C3C(OC(=O)C(C)C)C(C(C)C2(O)C2C=C(C)C(=O)C2(O)C1)C3(C)C. The summed E-state index contributed by atoms with van der Waals surface area (Å²) in [5.41, 5.74) is -2.42. The highest BCUT2D eigenvalue weighted by atomic mass is 16.5. The first-order chi connectivity index (χ1) is 15.2. The van der Waals surface area contributed by atoms with Crippen LogP contribution in [0.2, 0.25) is 0 Å². The number of carbonyl (C=O) groups is 3. The lowest BCUT2D eigenvalue weighted by Gasteiger charge is -2.71. The topological polar surface area (TPSA) is 110 Å². The van der Waals surface area contributed by atoms with Crippen LogP contribution in [0.1, 0.15) is 54.9 Å². The molecule has 5 aliphatic rings. The zero-order chi connectivity index (χ0) is 24.7. The molecule has 0 aromatic rings. The molecule has 8 unspecified atom stereocenters. The lowest BCUT2D eigenvalue weighted by molar-refractivity contribution is -0.314. The van der Waals surface area contributed by atoms with Gasteiger partial charge in [0.05, 0.1) is 11.5 Å². The summed E-state index contributed by atoms with van der Waals surface area (Å²) in [6.07, 6.45) is 3.21. The van der Waals surface area contributed by atoms with E-state index >= 15 is 0 Å². The molecule has 8 atom stereocenters. The summed E-state index contributed by atoms with van der Waals surface area (Å²) in [6, 6.07) is 0. The van der Waals surface area contributed by atoms with Crippen molar-refractivity contribution in [1.29, 1.82) is 0 Å². The van der Waals surface area contributed by atoms with E-state index in [0.29, 0.717) is 11.1 Å². The molecule has 2 N–H and O–H groups in total. The fraction of sp³-hybridized carbons (Fsp3) is 0.731. The molecule has 0 aromatic heterocycles. The van der Waals surface area contributed by atoms with E-state index in [1.165, 1.54) is 6.92 Å². The third-order valence-electron chi connectivity index (χ3n) is 8.89. The number of hydrogen-bond donors (Lipinski definition) is 2. The van der Waals surface area contributed by atoms with Crippen molar-refractivity contribution in [1.82, 2.24) is 0 Å². The van der Waals surface area contributed by atoms with Crippen molar-refractivity contribution in [3.63, 3.8) is 0 Å². The molecule has 3 saturated carbocycles. The first-order valence-electron chi connectivity index (χ1n) is 11.9. The standard InChI is InChI=1S/C26H36O7/c1-12(2)23(29)33-21-19-14(4)26(31)17(20(21)24(19,6)7)9-16(11-32-15(5)27)10-25(30)18(26)8-13(3)22(25)28/h8-9,12,14,17-21,30-31H,10-11H2,1-7H3. The van der Waals surface area contributed by atoms with E-state index in [1.54, 1.807) is 26.8 Å². The van der Waals surface area contributed by atoms with Crippen LogP contribution in [0.25, 0.3) is 0 Å². The van der Waals surface area contributed by atoms with Crippen LogP contribution < -0.4 is 0 Å². The monoisotopic (exact) mass is 460 g/mol. The molecule has 7 heteroatoms. The molecule has 0 heterocycles. The maximum atomic E-state index is 13.1. The van der Waals surface area contributed by atoms with Gasteiger partial charge in [-0.3, -0.25) is 14.4 Å². The van der Waals surface area contributed by atoms with E-state index in [1.807, 2.05) is 13.0 Å². The van der Waals surface area contributed by atoms with Gasteiger partial charge < -0.3 is 19.7 Å². The zero-order valence-electron chi connectivity index (χ0n) is 20.5. The van der Waals surface area contributed by atoms with Gasteiger partial charge in [-0.05, 0) is 29.4 Å². The number of ether oxygens (including phenoxy) is 2. The summed E-state index contributed by atoms with van der Waals surface area (Å²) in [6.45, 7) is 12.7. The summed E-state index contributed by atoms with van der Waals surface area (Å²) >= 11 is 0. The van der Waals surface area contributed by atoms with Crippen molar-refractivity contribution < 1.29 is 34.1 Å². The van der Waals surface area contributed by atoms with Crippen LogP contribution in [0.5, 0.6) is 0 Å². The normalized spacial score (nSPS) is 42.9. The Kier molecular flexibility index (Phi) is 5.49. The van der Waals surface area contributed by atoms with Crippen LogP contribution in [0.4, 0.5) is 0 Å². The highest BCUT2D eigenvalue weighted by Crippen LogP contribution is 2.71. The van der Waals surface area contributed by atoms with E-state index in [2.05, 4.69) is 13.8 Å². The zero-order valence-corrected chi connectivity index (χ0v) is 20.5. The van der Waals surface area contributed by atoms with Crippen molar-refractivity contribution in [3.05, 3.63) is 23.3 Å². The van der Waals surface area contributed by atoms with Crippen LogP contribution in [0, 0.1) is 40.9 Å². The molecule has 0 amide bonds. The summed E-state index contributed by atoms with van der Waals surface area (Å²) in [5, 5.41) is 24.0. The Balaban J connectivity index is 1.84. The third kappa shape index (κ3) is 3.18. The van der Waals surface area contributed by atoms with Crippen LogP contribution in [0.15, 0.2) is 23.3 Å². The predicted molar refractivity (Wildman–Crippen MR) is 120 cm³/mol. The number of aliphatic hydroxyl groups is 2. The Hall–Kier alpha value is -1.99.